The van der Waals surface area contributed by atoms with Crippen LogP contribution in [0.25, 0.3) is 0 Å². The standard InChI is InChI=1S/C18H24N2O4.ClH/c1-3-10-19-11-12-20-18(21)17-9-8-14(24-17)13-23-16-7-5-4-6-15(16)22-2;/h4-9,19H,3,10-13H2,1-2H3,(H,20,21);1H. The van der Waals surface area contributed by atoms with Gasteiger partial charge < -0.3 is 24.5 Å². The van der Waals surface area contributed by atoms with E-state index in [9.17, 15) is 4.79 Å². The maximum atomic E-state index is 12.0. The lowest BCUT2D eigenvalue weighted by atomic mass is 10.3. The average molecular weight is 369 g/mol. The molecule has 1 aromatic carbocycles. The van der Waals surface area contributed by atoms with Crippen LogP contribution in [0.4, 0.5) is 0 Å². The maximum Gasteiger partial charge on any atom is 0.287 e. The summed E-state index contributed by atoms with van der Waals surface area (Å²) in [5.41, 5.74) is 0. The Hall–Kier alpha value is -2.18. The molecule has 0 radical (unpaired) electrons. The highest BCUT2D eigenvalue weighted by atomic mass is 35.5. The summed E-state index contributed by atoms with van der Waals surface area (Å²) < 4.78 is 16.4. The number of rotatable bonds is 10. The van der Waals surface area contributed by atoms with Crippen molar-refractivity contribution < 1.29 is 18.7 Å². The number of halogens is 1. The number of nitrogens with one attached hydrogen (secondary N) is 2. The first-order valence-electron chi connectivity index (χ1n) is 8.08. The predicted molar refractivity (Wildman–Crippen MR) is 98.8 cm³/mol. The van der Waals surface area contributed by atoms with Crippen LogP contribution in [-0.4, -0.2) is 32.7 Å². The lowest BCUT2D eigenvalue weighted by molar-refractivity contribution is 0.0922. The monoisotopic (exact) mass is 368 g/mol. The number of furan rings is 1. The van der Waals surface area contributed by atoms with Crippen LogP contribution >= 0.6 is 12.4 Å². The molecule has 2 N–H and O–H groups in total. The lowest BCUT2D eigenvalue weighted by Crippen LogP contribution is -2.31. The molecule has 0 aliphatic carbocycles. The van der Waals surface area contributed by atoms with E-state index in [4.69, 9.17) is 13.9 Å². The van der Waals surface area contributed by atoms with Gasteiger partial charge in [0.15, 0.2) is 17.3 Å². The van der Waals surface area contributed by atoms with E-state index < -0.39 is 0 Å². The highest BCUT2D eigenvalue weighted by Gasteiger charge is 2.11. The predicted octanol–water partition coefficient (Wildman–Crippen LogP) is 3.02. The Bertz CT molecular complexity index is 646. The van der Waals surface area contributed by atoms with E-state index in [1.165, 1.54) is 0 Å². The van der Waals surface area contributed by atoms with Crippen molar-refractivity contribution in [1.82, 2.24) is 10.6 Å². The molecular formula is C18H25ClN2O4. The molecule has 2 rings (SSSR count). The van der Waals surface area contributed by atoms with Crippen molar-refractivity contribution in [3.63, 3.8) is 0 Å². The lowest BCUT2D eigenvalue weighted by Gasteiger charge is -2.08. The van der Waals surface area contributed by atoms with Crippen molar-refractivity contribution in [2.75, 3.05) is 26.7 Å². The maximum absolute atomic E-state index is 12.0. The van der Waals surface area contributed by atoms with E-state index in [0.717, 1.165) is 19.5 Å². The fourth-order valence-corrected chi connectivity index (χ4v) is 2.12. The number of hydrogen-bond donors (Lipinski definition) is 2. The Morgan fingerprint density at radius 3 is 2.56 bits per heavy atom. The van der Waals surface area contributed by atoms with Gasteiger partial charge in [0.25, 0.3) is 5.91 Å². The van der Waals surface area contributed by atoms with Gasteiger partial charge in [0.2, 0.25) is 0 Å². The van der Waals surface area contributed by atoms with Crippen LogP contribution in [0.1, 0.15) is 29.7 Å². The van der Waals surface area contributed by atoms with Gasteiger partial charge >= 0.3 is 0 Å². The van der Waals surface area contributed by atoms with Gasteiger partial charge in [-0.05, 0) is 37.2 Å². The van der Waals surface area contributed by atoms with E-state index in [1.54, 1.807) is 19.2 Å². The molecule has 1 heterocycles. The third kappa shape index (κ3) is 6.68. The SMILES string of the molecule is CCCNCCNC(=O)c1ccc(COc2ccccc2OC)o1.Cl. The highest BCUT2D eigenvalue weighted by molar-refractivity contribution is 5.91. The normalized spacial score (nSPS) is 10.0. The minimum Gasteiger partial charge on any atom is -0.493 e. The first-order chi connectivity index (χ1) is 11.7. The van der Waals surface area contributed by atoms with E-state index in [1.807, 2.05) is 24.3 Å². The van der Waals surface area contributed by atoms with Crippen molar-refractivity contribution in [3.05, 3.63) is 47.9 Å². The number of para-hydroxylation sites is 2. The second kappa shape index (κ2) is 11.4. The van der Waals surface area contributed by atoms with E-state index in [2.05, 4.69) is 17.6 Å². The van der Waals surface area contributed by atoms with Crippen molar-refractivity contribution in [1.29, 1.82) is 0 Å². The molecule has 0 atom stereocenters. The second-order valence-corrected chi connectivity index (χ2v) is 5.21. The first-order valence-corrected chi connectivity index (χ1v) is 8.08. The van der Waals surface area contributed by atoms with Crippen molar-refractivity contribution >= 4 is 18.3 Å². The van der Waals surface area contributed by atoms with E-state index >= 15 is 0 Å². The van der Waals surface area contributed by atoms with E-state index in [0.29, 0.717) is 23.8 Å². The molecule has 0 unspecified atom stereocenters. The second-order valence-electron chi connectivity index (χ2n) is 5.21. The fraction of sp³-hybridized carbons (Fsp3) is 0.389. The fourth-order valence-electron chi connectivity index (χ4n) is 2.12. The number of amides is 1. The number of hydrogen-bond acceptors (Lipinski definition) is 5. The molecule has 1 amide bonds. The third-order valence-electron chi connectivity index (χ3n) is 3.34. The summed E-state index contributed by atoms with van der Waals surface area (Å²) in [5.74, 6) is 1.92. The Morgan fingerprint density at radius 1 is 1.08 bits per heavy atom. The highest BCUT2D eigenvalue weighted by Crippen LogP contribution is 2.26. The number of benzene rings is 1. The van der Waals surface area contributed by atoms with Crippen LogP contribution in [-0.2, 0) is 6.61 Å². The zero-order chi connectivity index (χ0) is 17.2. The van der Waals surface area contributed by atoms with Gasteiger partial charge in [0.1, 0.15) is 12.4 Å². The van der Waals surface area contributed by atoms with Gasteiger partial charge in [-0.3, -0.25) is 4.79 Å². The Balaban J connectivity index is 0.00000312. The molecule has 0 bridgehead atoms. The number of carbonyl (C=O) groups excluding carboxylic acids is 1. The minimum absolute atomic E-state index is 0. The summed E-state index contributed by atoms with van der Waals surface area (Å²) in [4.78, 5) is 12.0. The van der Waals surface area contributed by atoms with Gasteiger partial charge in [-0.1, -0.05) is 19.1 Å². The van der Waals surface area contributed by atoms with Crippen LogP contribution in [0.3, 0.4) is 0 Å². The molecule has 0 saturated heterocycles. The minimum atomic E-state index is -0.225. The summed E-state index contributed by atoms with van der Waals surface area (Å²) in [6, 6.07) is 10.8. The molecular weight excluding hydrogens is 344 g/mol. The van der Waals surface area contributed by atoms with Crippen molar-refractivity contribution in [2.45, 2.75) is 20.0 Å². The van der Waals surface area contributed by atoms with Gasteiger partial charge in [-0.15, -0.1) is 12.4 Å². The van der Waals surface area contributed by atoms with Crippen LogP contribution in [0.2, 0.25) is 0 Å². The Labute approximate surface area is 154 Å². The molecule has 0 aliphatic rings. The molecule has 1 aromatic heterocycles. The molecule has 0 spiro atoms. The summed E-state index contributed by atoms with van der Waals surface area (Å²) in [7, 11) is 1.59. The smallest absolute Gasteiger partial charge is 0.287 e. The molecule has 2 aromatic rings. The summed E-state index contributed by atoms with van der Waals surface area (Å²) in [6.45, 7) is 4.58. The van der Waals surface area contributed by atoms with Crippen LogP contribution < -0.4 is 20.1 Å². The molecule has 25 heavy (non-hydrogen) atoms. The van der Waals surface area contributed by atoms with Gasteiger partial charge in [0.05, 0.1) is 7.11 Å². The van der Waals surface area contributed by atoms with Gasteiger partial charge in [-0.2, -0.15) is 0 Å². The molecule has 7 heteroatoms. The summed E-state index contributed by atoms with van der Waals surface area (Å²) in [6.07, 6.45) is 1.07. The molecule has 0 aliphatic heterocycles. The van der Waals surface area contributed by atoms with Crippen LogP contribution in [0.5, 0.6) is 11.5 Å². The van der Waals surface area contributed by atoms with Crippen molar-refractivity contribution in [3.8, 4) is 11.5 Å². The van der Waals surface area contributed by atoms with Gasteiger partial charge in [-0.25, -0.2) is 0 Å². The Kier molecular flexibility index (Phi) is 9.50. The Morgan fingerprint density at radius 2 is 1.84 bits per heavy atom. The largest absolute Gasteiger partial charge is 0.493 e. The van der Waals surface area contributed by atoms with Gasteiger partial charge in [0, 0.05) is 13.1 Å². The summed E-state index contributed by atoms with van der Waals surface area (Å²) in [5, 5.41) is 6.03. The number of ether oxygens (including phenoxy) is 2. The summed E-state index contributed by atoms with van der Waals surface area (Å²) >= 11 is 0. The van der Waals surface area contributed by atoms with Crippen LogP contribution in [0.15, 0.2) is 40.8 Å². The third-order valence-corrected chi connectivity index (χ3v) is 3.34. The van der Waals surface area contributed by atoms with Crippen molar-refractivity contribution in [2.24, 2.45) is 0 Å². The zero-order valence-electron chi connectivity index (χ0n) is 14.5. The first kappa shape index (κ1) is 20.9. The molecule has 0 saturated carbocycles. The topological polar surface area (TPSA) is 72.7 Å². The quantitative estimate of drug-likeness (QED) is 0.631. The zero-order valence-corrected chi connectivity index (χ0v) is 15.4. The number of carbonyl (C=O) groups is 1. The molecule has 6 nitrogen and oxygen atoms in total. The van der Waals surface area contributed by atoms with E-state index in [-0.39, 0.29) is 30.7 Å². The average Bonchev–Trinajstić information content (AvgIpc) is 3.09. The number of methoxy groups -OCH3 is 1. The van der Waals surface area contributed by atoms with Crippen LogP contribution in [0, 0.1) is 0 Å². The molecule has 0 fully saturated rings. The molecule has 138 valence electrons.